The van der Waals surface area contributed by atoms with Gasteiger partial charge in [0.1, 0.15) is 5.75 Å². The summed E-state index contributed by atoms with van der Waals surface area (Å²) in [4.78, 5) is 18.8. The van der Waals surface area contributed by atoms with Gasteiger partial charge >= 0.3 is 6.03 Å². The van der Waals surface area contributed by atoms with Crippen molar-refractivity contribution in [3.05, 3.63) is 60.7 Å². The van der Waals surface area contributed by atoms with Crippen molar-refractivity contribution in [1.29, 1.82) is 0 Å². The lowest BCUT2D eigenvalue weighted by Crippen LogP contribution is -2.32. The van der Waals surface area contributed by atoms with Gasteiger partial charge in [-0.2, -0.15) is 0 Å². The van der Waals surface area contributed by atoms with Crippen LogP contribution in [0.5, 0.6) is 17.2 Å². The van der Waals surface area contributed by atoms with Crippen molar-refractivity contribution in [3.8, 4) is 17.2 Å². The molecular formula is C34H45N5O3S. The molecule has 3 aromatic rings. The fourth-order valence-electron chi connectivity index (χ4n) is 5.24. The van der Waals surface area contributed by atoms with Gasteiger partial charge in [0, 0.05) is 61.9 Å². The van der Waals surface area contributed by atoms with Crippen LogP contribution in [0.4, 0.5) is 33.2 Å². The quantitative estimate of drug-likeness (QED) is 0.150. The predicted molar refractivity (Wildman–Crippen MR) is 183 cm³/mol. The van der Waals surface area contributed by atoms with Crippen molar-refractivity contribution >= 4 is 51.9 Å². The molecule has 0 bridgehead atoms. The molecule has 2 N–H and O–H groups in total. The van der Waals surface area contributed by atoms with E-state index in [-0.39, 0.29) is 11.2 Å². The summed E-state index contributed by atoms with van der Waals surface area (Å²) in [5.74, 6) is 2.02. The normalized spacial score (nSPS) is 11.6. The Labute approximate surface area is 262 Å². The maximum atomic E-state index is 12.3. The number of carbonyl (C=O) groups is 1. The molecule has 230 valence electrons. The first-order valence-corrected chi connectivity index (χ1v) is 16.0. The van der Waals surface area contributed by atoms with Gasteiger partial charge in [0.15, 0.2) is 11.5 Å². The van der Waals surface area contributed by atoms with Gasteiger partial charge in [-0.1, -0.05) is 26.2 Å². The highest BCUT2D eigenvalue weighted by Gasteiger charge is 2.30. The standard InChI is InChI=1S/C34H45N5O3S/c1-6-11-12-13-22-35-33(40)36-25-14-18-28(19-15-25)41-34(43)39-29-20-16-26(37(7-2)8-3)23-31(29)42-32-24-27(17-21-30(32)39)38(9-4)10-5/h14-21,23-24H,6-13,22H2,1-5H3,(H2,35,36,40). The van der Waals surface area contributed by atoms with Crippen LogP contribution in [0.1, 0.15) is 60.3 Å². The van der Waals surface area contributed by atoms with E-state index >= 15 is 0 Å². The Morgan fingerprint density at radius 3 is 1.86 bits per heavy atom. The highest BCUT2D eigenvalue weighted by Crippen LogP contribution is 2.49. The van der Waals surface area contributed by atoms with E-state index < -0.39 is 0 Å². The monoisotopic (exact) mass is 603 g/mol. The van der Waals surface area contributed by atoms with E-state index in [1.54, 1.807) is 12.1 Å². The molecule has 0 saturated carbocycles. The third-order valence-corrected chi connectivity index (χ3v) is 7.93. The second kappa shape index (κ2) is 15.5. The van der Waals surface area contributed by atoms with E-state index in [1.165, 1.54) is 12.8 Å². The highest BCUT2D eigenvalue weighted by molar-refractivity contribution is 7.80. The molecule has 0 saturated heterocycles. The van der Waals surface area contributed by atoms with Crippen LogP contribution in [0.3, 0.4) is 0 Å². The van der Waals surface area contributed by atoms with E-state index in [4.69, 9.17) is 21.7 Å². The molecule has 0 radical (unpaired) electrons. The molecule has 1 heterocycles. The molecule has 0 fully saturated rings. The van der Waals surface area contributed by atoms with E-state index in [9.17, 15) is 4.79 Å². The van der Waals surface area contributed by atoms with Crippen molar-refractivity contribution in [3.63, 3.8) is 0 Å². The lowest BCUT2D eigenvalue weighted by molar-refractivity contribution is 0.252. The average molecular weight is 604 g/mol. The number of unbranched alkanes of at least 4 members (excludes halogenated alkanes) is 3. The van der Waals surface area contributed by atoms with Crippen molar-refractivity contribution < 1.29 is 14.3 Å². The minimum Gasteiger partial charge on any atom is -0.453 e. The molecule has 2 amide bonds. The van der Waals surface area contributed by atoms with E-state index in [0.717, 1.165) is 73.3 Å². The van der Waals surface area contributed by atoms with E-state index in [1.807, 2.05) is 29.2 Å². The first-order valence-electron chi connectivity index (χ1n) is 15.5. The van der Waals surface area contributed by atoms with Crippen LogP contribution in [0.2, 0.25) is 0 Å². The second-order valence-electron chi connectivity index (χ2n) is 10.4. The minimum absolute atomic E-state index is 0.213. The Bertz CT molecular complexity index is 1310. The number of benzene rings is 3. The van der Waals surface area contributed by atoms with Gasteiger partial charge in [0.05, 0.1) is 11.4 Å². The number of anilines is 5. The number of urea groups is 1. The fourth-order valence-corrected chi connectivity index (χ4v) is 5.53. The topological polar surface area (TPSA) is 69.3 Å². The van der Waals surface area contributed by atoms with Gasteiger partial charge < -0.3 is 29.9 Å². The predicted octanol–water partition coefficient (Wildman–Crippen LogP) is 8.69. The van der Waals surface area contributed by atoms with Crippen molar-refractivity contribution in [2.75, 3.05) is 52.7 Å². The molecule has 1 aliphatic rings. The number of nitrogens with zero attached hydrogens (tertiary/aromatic N) is 3. The van der Waals surface area contributed by atoms with Gasteiger partial charge in [-0.15, -0.1) is 0 Å². The van der Waals surface area contributed by atoms with Crippen LogP contribution in [0.15, 0.2) is 60.7 Å². The van der Waals surface area contributed by atoms with Crippen LogP contribution in [0.25, 0.3) is 0 Å². The first kappa shape index (κ1) is 31.9. The second-order valence-corrected chi connectivity index (χ2v) is 10.8. The molecule has 1 aliphatic heterocycles. The number of hydrogen-bond donors (Lipinski definition) is 2. The van der Waals surface area contributed by atoms with Gasteiger partial charge in [0.25, 0.3) is 5.17 Å². The smallest absolute Gasteiger partial charge is 0.319 e. The molecule has 0 atom stereocenters. The van der Waals surface area contributed by atoms with E-state index in [2.05, 4.69) is 79.3 Å². The number of thiocarbonyl (C=S) groups is 1. The maximum Gasteiger partial charge on any atom is 0.319 e. The Balaban J connectivity index is 1.54. The summed E-state index contributed by atoms with van der Waals surface area (Å²) in [6, 6.07) is 19.4. The van der Waals surface area contributed by atoms with Crippen molar-refractivity contribution in [2.45, 2.75) is 60.3 Å². The lowest BCUT2D eigenvalue weighted by Gasteiger charge is -2.34. The summed E-state index contributed by atoms with van der Waals surface area (Å²) in [7, 11) is 0. The van der Waals surface area contributed by atoms with Crippen molar-refractivity contribution in [1.82, 2.24) is 5.32 Å². The first-order chi connectivity index (χ1) is 20.9. The number of rotatable bonds is 13. The van der Waals surface area contributed by atoms with E-state index in [0.29, 0.717) is 18.0 Å². The molecule has 9 heteroatoms. The van der Waals surface area contributed by atoms with Gasteiger partial charge in [-0.3, -0.25) is 4.90 Å². The highest BCUT2D eigenvalue weighted by atomic mass is 32.1. The van der Waals surface area contributed by atoms with Crippen LogP contribution in [-0.4, -0.2) is 43.9 Å². The van der Waals surface area contributed by atoms with Crippen LogP contribution in [0, 0.1) is 0 Å². The number of fused-ring (bicyclic) bond motifs is 2. The largest absolute Gasteiger partial charge is 0.453 e. The lowest BCUT2D eigenvalue weighted by atomic mass is 10.1. The molecule has 0 spiro atoms. The summed E-state index contributed by atoms with van der Waals surface area (Å²) in [5.41, 5.74) is 4.49. The molecule has 0 aliphatic carbocycles. The number of hydrogen-bond acceptors (Lipinski definition) is 6. The molecule has 3 aromatic carbocycles. The van der Waals surface area contributed by atoms with Crippen LogP contribution < -0.4 is 34.8 Å². The molecular weight excluding hydrogens is 558 g/mol. The number of nitrogens with one attached hydrogen (secondary N) is 2. The van der Waals surface area contributed by atoms with Gasteiger partial charge in [-0.25, -0.2) is 4.79 Å². The van der Waals surface area contributed by atoms with Crippen molar-refractivity contribution in [2.24, 2.45) is 0 Å². The molecule has 0 unspecified atom stereocenters. The Morgan fingerprint density at radius 2 is 1.35 bits per heavy atom. The summed E-state index contributed by atoms with van der Waals surface area (Å²) in [6.07, 6.45) is 4.45. The molecule has 43 heavy (non-hydrogen) atoms. The Kier molecular flexibility index (Phi) is 11.5. The summed E-state index contributed by atoms with van der Waals surface area (Å²) >= 11 is 5.90. The summed E-state index contributed by atoms with van der Waals surface area (Å²) in [6.45, 7) is 15.0. The Morgan fingerprint density at radius 1 is 0.791 bits per heavy atom. The zero-order valence-corrected chi connectivity index (χ0v) is 26.9. The average Bonchev–Trinajstić information content (AvgIpc) is 3.01. The SMILES string of the molecule is CCCCCCNC(=O)Nc1ccc(OC(=S)N2c3ccc(N(CC)CC)cc3Oc3cc(N(CC)CC)ccc32)cc1. The Hall–Kier alpha value is -3.98. The number of amides is 2. The minimum atomic E-state index is -0.213. The third kappa shape index (κ3) is 7.90. The molecule has 0 aromatic heterocycles. The molecule has 8 nitrogen and oxygen atoms in total. The number of carbonyl (C=O) groups excluding carboxylic acids is 1. The zero-order chi connectivity index (χ0) is 30.8. The summed E-state index contributed by atoms with van der Waals surface area (Å²) < 4.78 is 12.7. The summed E-state index contributed by atoms with van der Waals surface area (Å²) in [5, 5.41) is 6.07. The van der Waals surface area contributed by atoms with Crippen LogP contribution in [-0.2, 0) is 0 Å². The van der Waals surface area contributed by atoms with Gasteiger partial charge in [-0.05, 0) is 94.9 Å². The van der Waals surface area contributed by atoms with Crippen LogP contribution >= 0.6 is 12.2 Å². The number of ether oxygens (including phenoxy) is 2. The fraction of sp³-hybridized carbons (Fsp3) is 0.412. The van der Waals surface area contributed by atoms with Gasteiger partial charge in [0.2, 0.25) is 0 Å². The zero-order valence-electron chi connectivity index (χ0n) is 26.1. The molecule has 4 rings (SSSR count). The third-order valence-electron chi connectivity index (χ3n) is 7.66. The maximum absolute atomic E-state index is 12.3.